The molecule has 128 valence electrons. The van der Waals surface area contributed by atoms with Crippen LogP contribution in [-0.2, 0) is 30.8 Å². The third-order valence-corrected chi connectivity index (χ3v) is 4.31. The molecule has 0 saturated carbocycles. The fourth-order valence-electron chi connectivity index (χ4n) is 2.81. The van der Waals surface area contributed by atoms with Crippen molar-refractivity contribution in [2.24, 2.45) is 0 Å². The van der Waals surface area contributed by atoms with E-state index >= 15 is 0 Å². The van der Waals surface area contributed by atoms with Crippen molar-refractivity contribution in [2.75, 3.05) is 0 Å². The Labute approximate surface area is 140 Å². The number of benzene rings is 1. The van der Waals surface area contributed by atoms with Gasteiger partial charge in [-0.1, -0.05) is 18.2 Å². The summed E-state index contributed by atoms with van der Waals surface area (Å²) in [5, 5.41) is 14.3. The molecule has 3 rings (SSSR count). The Bertz CT molecular complexity index is 715. The van der Waals surface area contributed by atoms with E-state index < -0.39 is 6.04 Å². The lowest BCUT2D eigenvalue weighted by atomic mass is 10.1. The second-order valence-electron chi connectivity index (χ2n) is 6.05. The van der Waals surface area contributed by atoms with Gasteiger partial charge >= 0.3 is 0 Å². The van der Waals surface area contributed by atoms with Crippen molar-refractivity contribution in [1.82, 2.24) is 25.4 Å². The summed E-state index contributed by atoms with van der Waals surface area (Å²) in [4.78, 5) is 12.1. The highest BCUT2D eigenvalue weighted by Crippen LogP contribution is 2.14. The molecule has 0 fully saturated rings. The molecule has 0 radical (unpaired) electrons. The number of nitrogens with one attached hydrogen (secondary N) is 2. The number of fused-ring (bicyclic) bond motifs is 1. The number of aryl methyl sites for hydroxylation is 1. The summed E-state index contributed by atoms with van der Waals surface area (Å²) in [6, 6.07) is 6.03. The van der Waals surface area contributed by atoms with Gasteiger partial charge < -0.3 is 9.88 Å². The lowest BCUT2D eigenvalue weighted by Gasteiger charge is -2.17. The Morgan fingerprint density at radius 3 is 2.96 bits per heavy atom. The Balaban J connectivity index is 1.50. The Morgan fingerprint density at radius 2 is 2.12 bits per heavy atom. The number of hydrogen-bond acceptors (Lipinski definition) is 4. The van der Waals surface area contributed by atoms with Gasteiger partial charge in [-0.3, -0.25) is 10.1 Å². The van der Waals surface area contributed by atoms with Gasteiger partial charge in [-0.25, -0.2) is 4.39 Å². The molecule has 2 aromatic rings. The summed E-state index contributed by atoms with van der Waals surface area (Å²) in [6.07, 6.45) is 3.25. The molecule has 1 aliphatic heterocycles. The molecule has 0 aliphatic carbocycles. The topological polar surface area (TPSA) is 71.8 Å². The van der Waals surface area contributed by atoms with E-state index in [2.05, 4.69) is 25.4 Å². The van der Waals surface area contributed by atoms with Gasteiger partial charge in [0.1, 0.15) is 17.5 Å². The van der Waals surface area contributed by atoms with Crippen LogP contribution in [0.5, 0.6) is 0 Å². The van der Waals surface area contributed by atoms with Gasteiger partial charge in [0.25, 0.3) is 0 Å². The third-order valence-electron chi connectivity index (χ3n) is 4.31. The van der Waals surface area contributed by atoms with Crippen LogP contribution in [0.15, 0.2) is 24.3 Å². The Kier molecular flexibility index (Phi) is 5.20. The molecule has 1 amide bonds. The van der Waals surface area contributed by atoms with E-state index in [1.807, 2.05) is 0 Å². The molecular formula is C17H22FN5O. The number of nitrogens with zero attached hydrogens (tertiary/aromatic N) is 3. The van der Waals surface area contributed by atoms with Gasteiger partial charge in [0.2, 0.25) is 5.91 Å². The molecule has 7 heteroatoms. The zero-order chi connectivity index (χ0) is 16.9. The summed E-state index contributed by atoms with van der Waals surface area (Å²) in [5.74, 6) is 1.40. The summed E-state index contributed by atoms with van der Waals surface area (Å²) in [5.41, 5.74) is 0.476. The SMILES string of the molecule is C[C@@H](NCc1nnc2n1CCCC2)C(=O)NCc1ccccc1F. The van der Waals surface area contributed by atoms with Crippen molar-refractivity contribution >= 4 is 5.91 Å². The summed E-state index contributed by atoms with van der Waals surface area (Å²) >= 11 is 0. The van der Waals surface area contributed by atoms with E-state index in [0.717, 1.165) is 37.5 Å². The third kappa shape index (κ3) is 3.79. The number of rotatable bonds is 6. The maximum atomic E-state index is 13.6. The van der Waals surface area contributed by atoms with Gasteiger partial charge in [-0.15, -0.1) is 10.2 Å². The smallest absolute Gasteiger partial charge is 0.237 e. The number of hydrogen-bond donors (Lipinski definition) is 2. The zero-order valence-corrected chi connectivity index (χ0v) is 13.8. The number of amides is 1. The van der Waals surface area contributed by atoms with Crippen molar-refractivity contribution in [3.63, 3.8) is 0 Å². The van der Waals surface area contributed by atoms with Crippen LogP contribution in [-0.4, -0.2) is 26.7 Å². The van der Waals surface area contributed by atoms with Gasteiger partial charge in [0.05, 0.1) is 12.6 Å². The van der Waals surface area contributed by atoms with E-state index in [1.165, 1.54) is 6.07 Å². The normalized spacial score (nSPS) is 14.9. The van der Waals surface area contributed by atoms with Crippen molar-refractivity contribution in [2.45, 2.75) is 51.9 Å². The van der Waals surface area contributed by atoms with Gasteiger partial charge in [-0.2, -0.15) is 0 Å². The summed E-state index contributed by atoms with van der Waals surface area (Å²) in [6.45, 7) is 3.39. The standard InChI is InChI=1S/C17H22FN5O/c1-12(17(24)20-10-13-6-2-3-7-14(13)18)19-11-16-22-21-15-8-4-5-9-23(15)16/h2-3,6-7,12,19H,4-5,8-11H2,1H3,(H,20,24)/t12-/m1/s1. The van der Waals surface area contributed by atoms with Crippen molar-refractivity contribution in [1.29, 1.82) is 0 Å². The molecule has 1 aromatic heterocycles. The zero-order valence-electron chi connectivity index (χ0n) is 13.8. The highest BCUT2D eigenvalue weighted by Gasteiger charge is 2.18. The molecule has 6 nitrogen and oxygen atoms in total. The van der Waals surface area contributed by atoms with Gasteiger partial charge in [0.15, 0.2) is 0 Å². The lowest BCUT2D eigenvalue weighted by Crippen LogP contribution is -2.42. The molecule has 24 heavy (non-hydrogen) atoms. The summed E-state index contributed by atoms with van der Waals surface area (Å²) < 4.78 is 15.7. The molecule has 1 aliphatic rings. The predicted molar refractivity (Wildman–Crippen MR) is 87.5 cm³/mol. The Hall–Kier alpha value is -2.28. The van der Waals surface area contributed by atoms with Crippen LogP contribution in [0, 0.1) is 5.82 Å². The maximum Gasteiger partial charge on any atom is 0.237 e. The Morgan fingerprint density at radius 1 is 1.29 bits per heavy atom. The second-order valence-corrected chi connectivity index (χ2v) is 6.05. The fourth-order valence-corrected chi connectivity index (χ4v) is 2.81. The maximum absolute atomic E-state index is 13.6. The fraction of sp³-hybridized carbons (Fsp3) is 0.471. The van der Waals surface area contributed by atoms with Crippen molar-refractivity contribution < 1.29 is 9.18 Å². The van der Waals surface area contributed by atoms with Crippen LogP contribution in [0.4, 0.5) is 4.39 Å². The molecule has 0 bridgehead atoms. The molecule has 2 heterocycles. The quantitative estimate of drug-likeness (QED) is 0.842. The predicted octanol–water partition coefficient (Wildman–Crippen LogP) is 1.55. The van der Waals surface area contributed by atoms with E-state index in [4.69, 9.17) is 0 Å². The summed E-state index contributed by atoms with van der Waals surface area (Å²) in [7, 11) is 0. The van der Waals surface area contributed by atoms with Crippen LogP contribution >= 0.6 is 0 Å². The van der Waals surface area contributed by atoms with E-state index in [-0.39, 0.29) is 18.3 Å². The van der Waals surface area contributed by atoms with Crippen molar-refractivity contribution in [3.05, 3.63) is 47.3 Å². The molecule has 2 N–H and O–H groups in total. The van der Waals surface area contributed by atoms with Crippen LogP contribution in [0.2, 0.25) is 0 Å². The van der Waals surface area contributed by atoms with Crippen LogP contribution in [0.25, 0.3) is 0 Å². The van der Waals surface area contributed by atoms with Crippen LogP contribution in [0.3, 0.4) is 0 Å². The average Bonchev–Trinajstić information content (AvgIpc) is 3.02. The minimum atomic E-state index is -0.395. The average molecular weight is 331 g/mol. The first-order chi connectivity index (χ1) is 11.6. The van der Waals surface area contributed by atoms with Crippen LogP contribution in [0.1, 0.15) is 37.0 Å². The molecule has 0 spiro atoms. The van der Waals surface area contributed by atoms with E-state index in [1.54, 1.807) is 25.1 Å². The largest absolute Gasteiger partial charge is 0.351 e. The lowest BCUT2D eigenvalue weighted by molar-refractivity contribution is -0.123. The number of aromatic nitrogens is 3. The molecule has 1 atom stereocenters. The highest BCUT2D eigenvalue weighted by atomic mass is 19.1. The molecule has 1 aromatic carbocycles. The number of carbonyl (C=O) groups excluding carboxylic acids is 1. The highest BCUT2D eigenvalue weighted by molar-refractivity contribution is 5.81. The first-order valence-corrected chi connectivity index (χ1v) is 8.30. The van der Waals surface area contributed by atoms with Crippen LogP contribution < -0.4 is 10.6 Å². The minimum absolute atomic E-state index is 0.170. The number of carbonyl (C=O) groups is 1. The van der Waals surface area contributed by atoms with Gasteiger partial charge in [-0.05, 0) is 25.8 Å². The first-order valence-electron chi connectivity index (χ1n) is 8.30. The number of halogens is 1. The second kappa shape index (κ2) is 7.53. The van der Waals surface area contributed by atoms with Crippen molar-refractivity contribution in [3.8, 4) is 0 Å². The molecule has 0 saturated heterocycles. The molecule has 0 unspecified atom stereocenters. The molecular weight excluding hydrogens is 309 g/mol. The first kappa shape index (κ1) is 16.6. The van der Waals surface area contributed by atoms with Gasteiger partial charge in [0, 0.05) is 25.1 Å². The van der Waals surface area contributed by atoms with E-state index in [0.29, 0.717) is 12.1 Å². The van der Waals surface area contributed by atoms with E-state index in [9.17, 15) is 9.18 Å². The monoisotopic (exact) mass is 331 g/mol. The minimum Gasteiger partial charge on any atom is -0.351 e.